The molecule has 1 heterocycles. The Hall–Kier alpha value is -1.80. The Morgan fingerprint density at radius 2 is 1.91 bits per heavy atom. The summed E-state index contributed by atoms with van der Waals surface area (Å²) in [5.41, 5.74) is 1.91. The van der Waals surface area contributed by atoms with Gasteiger partial charge in [-0.15, -0.1) is 10.2 Å². The number of nitriles is 1. The summed E-state index contributed by atoms with van der Waals surface area (Å²) in [5, 5.41) is 18.8. The van der Waals surface area contributed by atoms with Crippen molar-refractivity contribution in [2.75, 3.05) is 0 Å². The number of rotatable bonds is 5. The van der Waals surface area contributed by atoms with Crippen LogP contribution in [-0.2, 0) is 12.3 Å². The lowest BCUT2D eigenvalue weighted by Crippen LogP contribution is -2.12. The van der Waals surface area contributed by atoms with E-state index in [9.17, 15) is 0 Å². The molecule has 1 fully saturated rings. The summed E-state index contributed by atoms with van der Waals surface area (Å²) < 4.78 is 2.28. The number of aromatic nitrogens is 3. The first-order valence-electron chi connectivity index (χ1n) is 8.36. The minimum absolute atomic E-state index is 0.584. The Balaban J connectivity index is 1.69. The highest BCUT2D eigenvalue weighted by molar-refractivity contribution is 7.98. The van der Waals surface area contributed by atoms with Crippen LogP contribution in [0.3, 0.4) is 0 Å². The van der Waals surface area contributed by atoms with Crippen molar-refractivity contribution in [3.8, 4) is 6.07 Å². The molecule has 0 saturated heterocycles. The van der Waals surface area contributed by atoms with E-state index >= 15 is 0 Å². The third-order valence-electron chi connectivity index (χ3n) is 4.48. The standard InChI is InChI=1S/C18H22N4S/c1-2-22-17(16-6-4-3-5-7-16)20-21-18(22)23-13-15-10-8-14(12-19)9-11-15/h8-11,16H,2-7,13H2,1H3. The number of benzene rings is 1. The van der Waals surface area contributed by atoms with Crippen LogP contribution in [-0.4, -0.2) is 14.8 Å². The molecule has 23 heavy (non-hydrogen) atoms. The minimum atomic E-state index is 0.584. The van der Waals surface area contributed by atoms with Crippen molar-refractivity contribution in [2.45, 2.75) is 62.4 Å². The zero-order valence-electron chi connectivity index (χ0n) is 13.5. The van der Waals surface area contributed by atoms with Crippen molar-refractivity contribution >= 4 is 11.8 Å². The second-order valence-corrected chi connectivity index (χ2v) is 6.96. The first kappa shape index (κ1) is 16.1. The molecule has 0 radical (unpaired) electrons. The third-order valence-corrected chi connectivity index (χ3v) is 5.52. The van der Waals surface area contributed by atoms with Gasteiger partial charge in [0.15, 0.2) is 5.16 Å². The van der Waals surface area contributed by atoms with Gasteiger partial charge in [0.2, 0.25) is 0 Å². The van der Waals surface area contributed by atoms with Crippen LogP contribution in [0.4, 0.5) is 0 Å². The van der Waals surface area contributed by atoms with Crippen LogP contribution >= 0.6 is 11.8 Å². The van der Waals surface area contributed by atoms with Crippen molar-refractivity contribution in [3.63, 3.8) is 0 Å². The highest BCUT2D eigenvalue weighted by Gasteiger charge is 2.22. The molecule has 0 spiro atoms. The molecule has 120 valence electrons. The molecule has 4 nitrogen and oxygen atoms in total. The van der Waals surface area contributed by atoms with Crippen molar-refractivity contribution in [3.05, 3.63) is 41.2 Å². The van der Waals surface area contributed by atoms with Crippen LogP contribution in [0.5, 0.6) is 0 Å². The van der Waals surface area contributed by atoms with E-state index in [4.69, 9.17) is 5.26 Å². The summed E-state index contributed by atoms with van der Waals surface area (Å²) in [5.74, 6) is 2.61. The molecule has 0 atom stereocenters. The van der Waals surface area contributed by atoms with E-state index in [1.807, 2.05) is 24.3 Å². The second kappa shape index (κ2) is 7.65. The molecule has 1 saturated carbocycles. The van der Waals surface area contributed by atoms with Gasteiger partial charge in [0, 0.05) is 18.2 Å². The average Bonchev–Trinajstić information content (AvgIpc) is 3.04. The van der Waals surface area contributed by atoms with Gasteiger partial charge >= 0.3 is 0 Å². The predicted octanol–water partition coefficient (Wildman–Crippen LogP) is 4.51. The number of nitrogens with zero attached hydrogens (tertiary/aromatic N) is 4. The van der Waals surface area contributed by atoms with E-state index in [1.54, 1.807) is 11.8 Å². The fourth-order valence-corrected chi connectivity index (χ4v) is 4.16. The van der Waals surface area contributed by atoms with E-state index in [0.717, 1.165) is 17.5 Å². The van der Waals surface area contributed by atoms with Gasteiger partial charge in [-0.1, -0.05) is 43.2 Å². The highest BCUT2D eigenvalue weighted by atomic mass is 32.2. The van der Waals surface area contributed by atoms with E-state index in [1.165, 1.54) is 43.5 Å². The zero-order valence-corrected chi connectivity index (χ0v) is 14.4. The molecule has 0 N–H and O–H groups in total. The molecule has 5 heteroatoms. The molecule has 0 aliphatic heterocycles. The first-order chi connectivity index (χ1) is 11.3. The summed E-state index contributed by atoms with van der Waals surface area (Å²) in [4.78, 5) is 0. The topological polar surface area (TPSA) is 54.5 Å². The van der Waals surface area contributed by atoms with Crippen molar-refractivity contribution in [1.29, 1.82) is 5.26 Å². The van der Waals surface area contributed by atoms with E-state index in [2.05, 4.69) is 27.8 Å². The van der Waals surface area contributed by atoms with E-state index < -0.39 is 0 Å². The van der Waals surface area contributed by atoms with Gasteiger partial charge in [0.1, 0.15) is 5.82 Å². The average molecular weight is 326 g/mol. The monoisotopic (exact) mass is 326 g/mol. The molecule has 0 unspecified atom stereocenters. The Bertz CT molecular complexity index is 678. The largest absolute Gasteiger partial charge is 0.306 e. The van der Waals surface area contributed by atoms with Crippen LogP contribution in [0.25, 0.3) is 0 Å². The Labute approximate surface area is 141 Å². The van der Waals surface area contributed by atoms with Gasteiger partial charge in [-0.3, -0.25) is 0 Å². The van der Waals surface area contributed by atoms with E-state index in [-0.39, 0.29) is 0 Å². The second-order valence-electron chi connectivity index (χ2n) is 6.02. The van der Waals surface area contributed by atoms with Gasteiger partial charge < -0.3 is 4.57 Å². The number of thioether (sulfide) groups is 1. The number of hydrogen-bond acceptors (Lipinski definition) is 4. The lowest BCUT2D eigenvalue weighted by molar-refractivity contribution is 0.413. The molecular weight excluding hydrogens is 304 g/mol. The Morgan fingerprint density at radius 1 is 1.17 bits per heavy atom. The molecule has 0 amide bonds. The molecular formula is C18H22N4S. The van der Waals surface area contributed by atoms with Crippen molar-refractivity contribution in [1.82, 2.24) is 14.8 Å². The maximum absolute atomic E-state index is 8.85. The SMILES string of the molecule is CCn1c(SCc2ccc(C#N)cc2)nnc1C1CCCCC1. The summed E-state index contributed by atoms with van der Waals surface area (Å²) in [6.07, 6.45) is 6.48. The fourth-order valence-electron chi connectivity index (χ4n) is 3.19. The van der Waals surface area contributed by atoms with Crippen molar-refractivity contribution < 1.29 is 0 Å². The lowest BCUT2D eigenvalue weighted by Gasteiger charge is -2.21. The normalized spacial score (nSPS) is 15.5. The molecule has 2 aromatic rings. The minimum Gasteiger partial charge on any atom is -0.306 e. The summed E-state index contributed by atoms with van der Waals surface area (Å²) in [6, 6.07) is 9.92. The predicted molar refractivity (Wildman–Crippen MR) is 92.2 cm³/mol. The van der Waals surface area contributed by atoms with E-state index in [0.29, 0.717) is 11.5 Å². The van der Waals surface area contributed by atoms with Crippen LogP contribution < -0.4 is 0 Å². The summed E-state index contributed by atoms with van der Waals surface area (Å²) >= 11 is 1.73. The molecule has 1 aliphatic rings. The molecule has 1 aromatic heterocycles. The smallest absolute Gasteiger partial charge is 0.191 e. The van der Waals surface area contributed by atoms with Gasteiger partial charge in [-0.05, 0) is 37.5 Å². The molecule has 1 aromatic carbocycles. The van der Waals surface area contributed by atoms with Gasteiger partial charge in [0.25, 0.3) is 0 Å². The maximum atomic E-state index is 8.85. The molecule has 0 bridgehead atoms. The van der Waals surface area contributed by atoms with Gasteiger partial charge in [0.05, 0.1) is 11.6 Å². The summed E-state index contributed by atoms with van der Waals surface area (Å²) in [7, 11) is 0. The zero-order chi connectivity index (χ0) is 16.1. The lowest BCUT2D eigenvalue weighted by atomic mass is 9.89. The Kier molecular flexibility index (Phi) is 5.35. The first-order valence-corrected chi connectivity index (χ1v) is 9.35. The van der Waals surface area contributed by atoms with Crippen LogP contribution in [0, 0.1) is 11.3 Å². The molecule has 1 aliphatic carbocycles. The summed E-state index contributed by atoms with van der Waals surface area (Å²) in [6.45, 7) is 3.09. The van der Waals surface area contributed by atoms with Crippen LogP contribution in [0.1, 0.15) is 61.9 Å². The maximum Gasteiger partial charge on any atom is 0.191 e. The van der Waals surface area contributed by atoms with Crippen LogP contribution in [0.15, 0.2) is 29.4 Å². The van der Waals surface area contributed by atoms with Gasteiger partial charge in [-0.25, -0.2) is 0 Å². The molecule has 3 rings (SSSR count). The number of hydrogen-bond donors (Lipinski definition) is 0. The van der Waals surface area contributed by atoms with Crippen LogP contribution in [0.2, 0.25) is 0 Å². The Morgan fingerprint density at radius 3 is 2.57 bits per heavy atom. The third kappa shape index (κ3) is 3.76. The van der Waals surface area contributed by atoms with Crippen molar-refractivity contribution in [2.24, 2.45) is 0 Å². The highest BCUT2D eigenvalue weighted by Crippen LogP contribution is 2.33. The fraction of sp³-hybridized carbons (Fsp3) is 0.500. The van der Waals surface area contributed by atoms with Gasteiger partial charge in [-0.2, -0.15) is 5.26 Å². The quantitative estimate of drug-likeness (QED) is 0.759.